The molecule has 0 unspecified atom stereocenters. The number of hydrogen-bond donors (Lipinski definition) is 0. The van der Waals surface area contributed by atoms with Crippen molar-refractivity contribution in [2.75, 3.05) is 11.4 Å². The zero-order valence-corrected chi connectivity index (χ0v) is 7.79. The molecule has 2 nitrogen and oxygen atoms in total. The van der Waals surface area contributed by atoms with E-state index in [0.717, 1.165) is 6.54 Å². The number of allylic oxidation sites excluding steroid dienone is 1. The van der Waals surface area contributed by atoms with E-state index in [9.17, 15) is 0 Å². The minimum atomic E-state index is 0.975. The van der Waals surface area contributed by atoms with Crippen LogP contribution in [0.4, 0.5) is 5.00 Å². The molecule has 3 heteroatoms. The summed E-state index contributed by atoms with van der Waals surface area (Å²) < 4.78 is 0. The van der Waals surface area contributed by atoms with Crippen molar-refractivity contribution in [1.82, 2.24) is 0 Å². The molecule has 2 aliphatic rings. The average molecular weight is 188 g/mol. The normalized spacial score (nSPS) is 18.2. The highest BCUT2D eigenvalue weighted by atomic mass is 32.1. The van der Waals surface area contributed by atoms with E-state index in [4.69, 9.17) is 0 Å². The fourth-order valence-electron chi connectivity index (χ4n) is 1.61. The van der Waals surface area contributed by atoms with Crippen LogP contribution in [0.15, 0.2) is 40.5 Å². The molecule has 0 N–H and O–H groups in total. The summed E-state index contributed by atoms with van der Waals surface area (Å²) in [6.45, 7) is 0.975. The Hall–Kier alpha value is -1.35. The summed E-state index contributed by atoms with van der Waals surface area (Å²) in [5.74, 6) is 0. The molecule has 64 valence electrons. The van der Waals surface area contributed by atoms with Gasteiger partial charge in [0.05, 0.1) is 11.9 Å². The Morgan fingerprint density at radius 2 is 2.46 bits per heavy atom. The number of rotatable bonds is 0. The molecule has 0 aliphatic carbocycles. The smallest absolute Gasteiger partial charge is 0.105 e. The van der Waals surface area contributed by atoms with Crippen LogP contribution in [0.3, 0.4) is 0 Å². The van der Waals surface area contributed by atoms with Crippen molar-refractivity contribution in [3.8, 4) is 0 Å². The molecule has 0 saturated carbocycles. The summed E-state index contributed by atoms with van der Waals surface area (Å²) in [5.41, 5.74) is 2.41. The number of thiophene rings is 1. The van der Waals surface area contributed by atoms with Crippen LogP contribution in [-0.2, 0) is 0 Å². The largest absolute Gasteiger partial charge is 0.328 e. The van der Waals surface area contributed by atoms with Gasteiger partial charge in [-0.3, -0.25) is 4.99 Å². The predicted octanol–water partition coefficient (Wildman–Crippen LogP) is 2.40. The van der Waals surface area contributed by atoms with Gasteiger partial charge in [-0.1, -0.05) is 6.08 Å². The second kappa shape index (κ2) is 2.57. The van der Waals surface area contributed by atoms with Gasteiger partial charge in [0.15, 0.2) is 0 Å². The van der Waals surface area contributed by atoms with Crippen LogP contribution in [-0.4, -0.2) is 12.8 Å². The maximum absolute atomic E-state index is 4.25. The molecule has 0 atom stereocenters. The second-order valence-corrected chi connectivity index (χ2v) is 3.92. The molecule has 1 aromatic rings. The molecule has 0 aromatic carbocycles. The first-order valence-corrected chi connectivity index (χ1v) is 5.08. The van der Waals surface area contributed by atoms with Crippen LogP contribution in [0.5, 0.6) is 0 Å². The van der Waals surface area contributed by atoms with Crippen molar-refractivity contribution in [2.45, 2.75) is 0 Å². The molecular formula is C10H8N2S. The molecule has 3 rings (SSSR count). The minimum absolute atomic E-state index is 0.975. The average Bonchev–Trinajstić information content (AvgIpc) is 2.72. The Kier molecular flexibility index (Phi) is 1.40. The molecule has 13 heavy (non-hydrogen) atoms. The van der Waals surface area contributed by atoms with Crippen LogP contribution in [0.25, 0.3) is 0 Å². The van der Waals surface area contributed by atoms with E-state index in [-0.39, 0.29) is 0 Å². The fourth-order valence-corrected chi connectivity index (χ4v) is 2.52. The van der Waals surface area contributed by atoms with Crippen molar-refractivity contribution in [1.29, 1.82) is 0 Å². The quantitative estimate of drug-likeness (QED) is 0.610. The summed E-state index contributed by atoms with van der Waals surface area (Å²) in [7, 11) is 0. The molecule has 0 spiro atoms. The van der Waals surface area contributed by atoms with Crippen molar-refractivity contribution >= 4 is 22.6 Å². The van der Waals surface area contributed by atoms with Gasteiger partial charge in [0.2, 0.25) is 0 Å². The lowest BCUT2D eigenvalue weighted by Gasteiger charge is -2.16. The van der Waals surface area contributed by atoms with Gasteiger partial charge in [-0.25, -0.2) is 0 Å². The van der Waals surface area contributed by atoms with E-state index in [0.29, 0.717) is 0 Å². The summed E-state index contributed by atoms with van der Waals surface area (Å²) in [4.78, 5) is 6.54. The van der Waals surface area contributed by atoms with Gasteiger partial charge >= 0.3 is 0 Å². The van der Waals surface area contributed by atoms with Gasteiger partial charge in [0.25, 0.3) is 0 Å². The highest BCUT2D eigenvalue weighted by Gasteiger charge is 2.18. The Bertz CT molecular complexity index is 426. The van der Waals surface area contributed by atoms with Gasteiger partial charge in [0, 0.05) is 18.3 Å². The van der Waals surface area contributed by atoms with Gasteiger partial charge in [-0.2, -0.15) is 0 Å². The number of anilines is 1. The molecule has 0 fully saturated rings. The van der Waals surface area contributed by atoms with E-state index in [1.54, 1.807) is 11.3 Å². The van der Waals surface area contributed by atoms with E-state index < -0.39 is 0 Å². The lowest BCUT2D eigenvalue weighted by Crippen LogP contribution is -2.15. The topological polar surface area (TPSA) is 15.6 Å². The third-order valence-corrected chi connectivity index (χ3v) is 3.18. The van der Waals surface area contributed by atoms with Crippen molar-refractivity contribution < 1.29 is 0 Å². The third kappa shape index (κ3) is 0.971. The SMILES string of the molecule is C1=CC2=CN=Cc3ccsc3N2C1. The Morgan fingerprint density at radius 3 is 3.46 bits per heavy atom. The van der Waals surface area contributed by atoms with Crippen LogP contribution < -0.4 is 4.90 Å². The van der Waals surface area contributed by atoms with Crippen LogP contribution in [0, 0.1) is 0 Å². The number of hydrogen-bond acceptors (Lipinski definition) is 3. The van der Waals surface area contributed by atoms with Gasteiger partial charge in [-0.15, -0.1) is 11.3 Å². The van der Waals surface area contributed by atoms with Crippen molar-refractivity contribution in [2.24, 2.45) is 4.99 Å². The molecule has 0 bridgehead atoms. The minimum Gasteiger partial charge on any atom is -0.328 e. The van der Waals surface area contributed by atoms with E-state index in [1.807, 2.05) is 12.4 Å². The van der Waals surface area contributed by atoms with Crippen molar-refractivity contribution in [3.05, 3.63) is 41.1 Å². The Labute approximate surface area is 80.5 Å². The van der Waals surface area contributed by atoms with E-state index in [1.165, 1.54) is 16.3 Å². The molecule has 0 amide bonds. The molecule has 3 heterocycles. The van der Waals surface area contributed by atoms with Crippen molar-refractivity contribution in [3.63, 3.8) is 0 Å². The molecule has 0 radical (unpaired) electrons. The number of aliphatic imine (C=N–C) groups is 1. The lowest BCUT2D eigenvalue weighted by molar-refractivity contribution is 1.10. The third-order valence-electron chi connectivity index (χ3n) is 2.23. The van der Waals surface area contributed by atoms with Crippen LogP contribution in [0.2, 0.25) is 0 Å². The summed E-state index contributed by atoms with van der Waals surface area (Å²) in [5, 5.41) is 3.41. The molecule has 2 aliphatic heterocycles. The Morgan fingerprint density at radius 1 is 1.46 bits per heavy atom. The summed E-state index contributed by atoms with van der Waals surface area (Å²) in [6.07, 6.45) is 8.11. The number of fused-ring (bicyclic) bond motifs is 3. The summed E-state index contributed by atoms with van der Waals surface area (Å²) in [6, 6.07) is 2.11. The maximum atomic E-state index is 4.25. The van der Waals surface area contributed by atoms with E-state index in [2.05, 4.69) is 33.5 Å². The summed E-state index contributed by atoms with van der Waals surface area (Å²) >= 11 is 1.77. The number of nitrogens with zero attached hydrogens (tertiary/aromatic N) is 2. The first kappa shape index (κ1) is 7.09. The lowest BCUT2D eigenvalue weighted by atomic mass is 10.3. The first-order valence-electron chi connectivity index (χ1n) is 4.20. The van der Waals surface area contributed by atoms with Gasteiger partial charge in [0.1, 0.15) is 5.00 Å². The predicted molar refractivity (Wildman–Crippen MR) is 56.5 cm³/mol. The molecule has 1 aromatic heterocycles. The van der Waals surface area contributed by atoms with Gasteiger partial charge in [-0.05, 0) is 17.5 Å². The Balaban J connectivity index is 2.19. The van der Waals surface area contributed by atoms with E-state index >= 15 is 0 Å². The standard InChI is InChI=1S/C10H8N2S/c1-2-9-7-11-6-8-3-5-13-10(8)12(9)4-1/h1-3,5-7H,4H2. The zero-order valence-electron chi connectivity index (χ0n) is 6.97. The van der Waals surface area contributed by atoms with Crippen LogP contribution >= 0.6 is 11.3 Å². The molecular weight excluding hydrogens is 180 g/mol. The highest BCUT2D eigenvalue weighted by molar-refractivity contribution is 7.14. The monoisotopic (exact) mass is 188 g/mol. The zero-order chi connectivity index (χ0) is 8.67. The molecule has 0 saturated heterocycles. The first-order chi connectivity index (χ1) is 6.45. The van der Waals surface area contributed by atoms with Crippen LogP contribution in [0.1, 0.15) is 5.56 Å². The fraction of sp³-hybridized carbons (Fsp3) is 0.100. The maximum Gasteiger partial charge on any atom is 0.105 e. The highest BCUT2D eigenvalue weighted by Crippen LogP contribution is 2.33. The van der Waals surface area contributed by atoms with Gasteiger partial charge < -0.3 is 4.90 Å². The second-order valence-electron chi connectivity index (χ2n) is 3.03.